The van der Waals surface area contributed by atoms with Crippen molar-refractivity contribution < 1.29 is 9.47 Å². The van der Waals surface area contributed by atoms with Gasteiger partial charge in [-0.15, -0.1) is 0 Å². The molecule has 1 fully saturated rings. The summed E-state index contributed by atoms with van der Waals surface area (Å²) in [6, 6.07) is 0.192. The van der Waals surface area contributed by atoms with Crippen molar-refractivity contribution in [2.24, 2.45) is 11.8 Å². The van der Waals surface area contributed by atoms with Gasteiger partial charge >= 0.3 is 0 Å². The number of nitrogens with one attached hydrogen (secondary N) is 1. The molecule has 3 N–H and O–H groups in total. The predicted molar refractivity (Wildman–Crippen MR) is 64.0 cm³/mol. The number of methoxy groups -OCH3 is 1. The van der Waals surface area contributed by atoms with E-state index in [1.54, 1.807) is 7.11 Å². The Bertz CT molecular complexity index is 192. The van der Waals surface area contributed by atoms with E-state index in [1.165, 1.54) is 0 Å². The molecule has 0 aromatic heterocycles. The molecular weight excluding hydrogens is 206 g/mol. The summed E-state index contributed by atoms with van der Waals surface area (Å²) in [5, 5.41) is 0. The third-order valence-corrected chi connectivity index (χ3v) is 3.28. The second-order valence-corrected chi connectivity index (χ2v) is 4.62. The predicted octanol–water partition coefficient (Wildman–Crippen LogP) is -0.178. The molecule has 5 nitrogen and oxygen atoms in total. The van der Waals surface area contributed by atoms with Gasteiger partial charge < -0.3 is 14.4 Å². The SMILES string of the molecule is COCCC(C)C(NN)C1CN(C)CCO1. The standard InChI is InChI=1S/C11H25N3O2/c1-9(4-6-15-3)11(13-12)10-8-14(2)5-7-16-10/h9-11,13H,4-8,12H2,1-3H3. The second-order valence-electron chi connectivity index (χ2n) is 4.62. The first-order valence-corrected chi connectivity index (χ1v) is 5.94. The molecule has 1 heterocycles. The summed E-state index contributed by atoms with van der Waals surface area (Å²) in [4.78, 5) is 2.28. The second kappa shape index (κ2) is 7.19. The number of ether oxygens (including phenoxy) is 2. The Hall–Kier alpha value is -0.200. The average Bonchev–Trinajstić information content (AvgIpc) is 2.27. The summed E-state index contributed by atoms with van der Waals surface area (Å²) < 4.78 is 10.9. The van der Waals surface area contributed by atoms with Crippen LogP contribution in [0.4, 0.5) is 0 Å². The summed E-state index contributed by atoms with van der Waals surface area (Å²) in [6.07, 6.45) is 1.17. The molecule has 1 aliphatic rings. The first-order valence-electron chi connectivity index (χ1n) is 5.94. The Morgan fingerprint density at radius 2 is 2.38 bits per heavy atom. The maximum atomic E-state index is 5.78. The molecular formula is C11H25N3O2. The van der Waals surface area contributed by atoms with Crippen LogP contribution in [0.5, 0.6) is 0 Å². The molecule has 0 saturated carbocycles. The van der Waals surface area contributed by atoms with Crippen molar-refractivity contribution in [2.75, 3.05) is 40.5 Å². The molecule has 0 radical (unpaired) electrons. The third-order valence-electron chi connectivity index (χ3n) is 3.28. The quantitative estimate of drug-likeness (QED) is 0.490. The minimum atomic E-state index is 0.176. The van der Waals surface area contributed by atoms with Gasteiger partial charge in [-0.05, 0) is 19.4 Å². The first kappa shape index (κ1) is 13.9. The Kier molecular flexibility index (Phi) is 6.23. The van der Waals surface area contributed by atoms with Crippen LogP contribution in [0, 0.1) is 5.92 Å². The Labute approximate surface area is 98.2 Å². The fourth-order valence-electron chi connectivity index (χ4n) is 2.15. The first-order chi connectivity index (χ1) is 7.69. The van der Waals surface area contributed by atoms with E-state index in [-0.39, 0.29) is 12.1 Å². The normalized spacial score (nSPS) is 26.6. The molecule has 0 spiro atoms. The van der Waals surface area contributed by atoms with Crippen molar-refractivity contribution in [2.45, 2.75) is 25.5 Å². The summed E-state index contributed by atoms with van der Waals surface area (Å²) in [6.45, 7) is 5.67. The monoisotopic (exact) mass is 231 g/mol. The van der Waals surface area contributed by atoms with Crippen LogP contribution in [0.3, 0.4) is 0 Å². The van der Waals surface area contributed by atoms with Gasteiger partial charge in [0.2, 0.25) is 0 Å². The summed E-state index contributed by atoms with van der Waals surface area (Å²) in [5.74, 6) is 6.08. The summed E-state index contributed by atoms with van der Waals surface area (Å²) in [7, 11) is 3.84. The van der Waals surface area contributed by atoms with E-state index >= 15 is 0 Å². The van der Waals surface area contributed by atoms with Crippen molar-refractivity contribution in [3.63, 3.8) is 0 Å². The van der Waals surface area contributed by atoms with Gasteiger partial charge in [0.15, 0.2) is 0 Å². The van der Waals surface area contributed by atoms with Gasteiger partial charge in [-0.2, -0.15) is 0 Å². The smallest absolute Gasteiger partial charge is 0.0871 e. The highest BCUT2D eigenvalue weighted by Gasteiger charge is 2.29. The molecule has 0 aromatic rings. The maximum Gasteiger partial charge on any atom is 0.0871 e. The topological polar surface area (TPSA) is 59.8 Å². The molecule has 16 heavy (non-hydrogen) atoms. The lowest BCUT2D eigenvalue weighted by molar-refractivity contribution is -0.0499. The van der Waals surface area contributed by atoms with Crippen molar-refractivity contribution in [3.05, 3.63) is 0 Å². The van der Waals surface area contributed by atoms with Crippen LogP contribution in [0.25, 0.3) is 0 Å². The highest BCUT2D eigenvalue weighted by molar-refractivity contribution is 4.84. The Morgan fingerprint density at radius 3 is 2.94 bits per heavy atom. The molecule has 0 aliphatic carbocycles. The van der Waals surface area contributed by atoms with E-state index < -0.39 is 0 Å². The largest absolute Gasteiger partial charge is 0.385 e. The van der Waals surface area contributed by atoms with Crippen LogP contribution in [-0.4, -0.2) is 57.5 Å². The summed E-state index contributed by atoms with van der Waals surface area (Å²) >= 11 is 0. The molecule has 1 saturated heterocycles. The minimum absolute atomic E-state index is 0.176. The molecule has 3 unspecified atom stereocenters. The van der Waals surface area contributed by atoms with Crippen LogP contribution in [0.15, 0.2) is 0 Å². The number of nitrogens with two attached hydrogens (primary N) is 1. The number of likely N-dealkylation sites (N-methyl/N-ethyl adjacent to an activating group) is 1. The van der Waals surface area contributed by atoms with Gasteiger partial charge in [-0.25, -0.2) is 0 Å². The third kappa shape index (κ3) is 3.99. The Morgan fingerprint density at radius 1 is 1.62 bits per heavy atom. The number of nitrogens with zero attached hydrogens (tertiary/aromatic N) is 1. The summed E-state index contributed by atoms with van der Waals surface area (Å²) in [5.41, 5.74) is 2.89. The number of hydrogen-bond acceptors (Lipinski definition) is 5. The minimum Gasteiger partial charge on any atom is -0.385 e. The van der Waals surface area contributed by atoms with Gasteiger partial charge in [-0.1, -0.05) is 6.92 Å². The molecule has 0 bridgehead atoms. The van der Waals surface area contributed by atoms with Crippen molar-refractivity contribution >= 4 is 0 Å². The molecule has 5 heteroatoms. The van der Waals surface area contributed by atoms with Gasteiger partial charge in [0.1, 0.15) is 0 Å². The highest BCUT2D eigenvalue weighted by Crippen LogP contribution is 2.16. The zero-order valence-corrected chi connectivity index (χ0v) is 10.6. The van der Waals surface area contributed by atoms with E-state index in [0.29, 0.717) is 5.92 Å². The molecule has 0 amide bonds. The van der Waals surface area contributed by atoms with Crippen LogP contribution in [-0.2, 0) is 9.47 Å². The lowest BCUT2D eigenvalue weighted by atomic mass is 9.93. The maximum absolute atomic E-state index is 5.78. The van der Waals surface area contributed by atoms with Crippen LogP contribution >= 0.6 is 0 Å². The number of hydrogen-bond donors (Lipinski definition) is 2. The van der Waals surface area contributed by atoms with Crippen molar-refractivity contribution in [1.29, 1.82) is 0 Å². The van der Waals surface area contributed by atoms with E-state index in [1.807, 2.05) is 0 Å². The molecule has 1 rings (SSSR count). The van der Waals surface area contributed by atoms with Gasteiger partial charge in [0, 0.05) is 26.8 Å². The zero-order chi connectivity index (χ0) is 12.0. The Balaban J connectivity index is 2.44. The number of morpholine rings is 1. The van der Waals surface area contributed by atoms with Crippen LogP contribution < -0.4 is 11.3 Å². The van der Waals surface area contributed by atoms with Crippen LogP contribution in [0.1, 0.15) is 13.3 Å². The average molecular weight is 231 g/mol. The van der Waals surface area contributed by atoms with E-state index in [2.05, 4.69) is 24.3 Å². The fraction of sp³-hybridized carbons (Fsp3) is 1.00. The molecule has 0 aromatic carbocycles. The van der Waals surface area contributed by atoms with Gasteiger partial charge in [0.25, 0.3) is 0 Å². The zero-order valence-electron chi connectivity index (χ0n) is 10.6. The van der Waals surface area contributed by atoms with E-state index in [4.69, 9.17) is 15.3 Å². The molecule has 1 aliphatic heterocycles. The van der Waals surface area contributed by atoms with Crippen molar-refractivity contribution in [3.8, 4) is 0 Å². The van der Waals surface area contributed by atoms with E-state index in [9.17, 15) is 0 Å². The van der Waals surface area contributed by atoms with Crippen LogP contribution in [0.2, 0.25) is 0 Å². The lowest BCUT2D eigenvalue weighted by Crippen LogP contribution is -2.55. The fourth-order valence-corrected chi connectivity index (χ4v) is 2.15. The van der Waals surface area contributed by atoms with E-state index in [0.717, 1.165) is 32.7 Å². The highest BCUT2D eigenvalue weighted by atomic mass is 16.5. The van der Waals surface area contributed by atoms with Crippen molar-refractivity contribution in [1.82, 2.24) is 10.3 Å². The number of rotatable bonds is 6. The number of hydrazine groups is 1. The van der Waals surface area contributed by atoms with Gasteiger partial charge in [-0.3, -0.25) is 11.3 Å². The lowest BCUT2D eigenvalue weighted by Gasteiger charge is -2.37. The molecule has 3 atom stereocenters. The molecule has 96 valence electrons. The van der Waals surface area contributed by atoms with Gasteiger partial charge in [0.05, 0.1) is 18.8 Å².